The second-order valence-corrected chi connectivity index (χ2v) is 4.45. The van der Waals surface area contributed by atoms with Crippen LogP contribution in [0.2, 0.25) is 0 Å². The number of aromatic nitrogens is 2. The molecular formula is C12H16IN5S. The van der Waals surface area contributed by atoms with E-state index in [4.69, 9.17) is 6.42 Å². The second kappa shape index (κ2) is 8.01. The normalized spacial score (nSPS) is 10.8. The number of halogens is 1. The number of rotatable bonds is 4. The van der Waals surface area contributed by atoms with Crippen LogP contribution in [-0.4, -0.2) is 28.4 Å². The highest BCUT2D eigenvalue weighted by Crippen LogP contribution is 2.11. The fourth-order valence-corrected chi connectivity index (χ4v) is 2.21. The van der Waals surface area contributed by atoms with E-state index >= 15 is 0 Å². The Morgan fingerprint density at radius 1 is 1.58 bits per heavy atom. The molecule has 5 nitrogen and oxygen atoms in total. The Balaban J connectivity index is 0.00000180. The van der Waals surface area contributed by atoms with E-state index < -0.39 is 0 Å². The summed E-state index contributed by atoms with van der Waals surface area (Å²) in [7, 11) is 0. The van der Waals surface area contributed by atoms with Gasteiger partial charge in [-0.1, -0.05) is 5.92 Å². The van der Waals surface area contributed by atoms with Crippen molar-refractivity contribution in [3.05, 3.63) is 23.5 Å². The number of hydrogen-bond acceptors (Lipinski definition) is 3. The predicted molar refractivity (Wildman–Crippen MR) is 90.1 cm³/mol. The number of imidazole rings is 1. The summed E-state index contributed by atoms with van der Waals surface area (Å²) in [5, 5.41) is 8.17. The van der Waals surface area contributed by atoms with Crippen molar-refractivity contribution in [1.29, 1.82) is 0 Å². The van der Waals surface area contributed by atoms with E-state index in [-0.39, 0.29) is 24.0 Å². The first-order valence-corrected chi connectivity index (χ1v) is 6.58. The van der Waals surface area contributed by atoms with Crippen molar-refractivity contribution in [3.63, 3.8) is 0 Å². The number of aliphatic imine (C=N–C) groups is 1. The molecule has 0 saturated carbocycles. The largest absolute Gasteiger partial charge is 0.357 e. The summed E-state index contributed by atoms with van der Waals surface area (Å²) in [5.41, 5.74) is 0.944. The van der Waals surface area contributed by atoms with Gasteiger partial charge >= 0.3 is 0 Å². The molecule has 2 heterocycles. The quantitative estimate of drug-likeness (QED) is 0.362. The van der Waals surface area contributed by atoms with Gasteiger partial charge in [0.2, 0.25) is 0 Å². The Hall–Kier alpha value is -1.27. The van der Waals surface area contributed by atoms with E-state index in [0.29, 0.717) is 19.0 Å². The standard InChI is InChI=1S/C12H15N5S.HI/c1-3-5-14-11(13-4-2)15-8-10-9-17-6-7-18-12(17)16-10;/h1,6-7,9H,4-5,8H2,2H3,(H2,13,14,15);1H. The van der Waals surface area contributed by atoms with Crippen molar-refractivity contribution in [1.82, 2.24) is 20.0 Å². The first-order chi connectivity index (χ1) is 8.83. The van der Waals surface area contributed by atoms with E-state index in [2.05, 4.69) is 26.5 Å². The molecule has 0 aromatic carbocycles. The monoisotopic (exact) mass is 389 g/mol. The number of nitrogens with zero attached hydrogens (tertiary/aromatic N) is 3. The van der Waals surface area contributed by atoms with Crippen LogP contribution in [0.3, 0.4) is 0 Å². The Labute approximate surface area is 133 Å². The van der Waals surface area contributed by atoms with Crippen molar-refractivity contribution >= 4 is 46.2 Å². The predicted octanol–water partition coefficient (Wildman–Crippen LogP) is 1.70. The van der Waals surface area contributed by atoms with Crippen molar-refractivity contribution in [2.45, 2.75) is 13.5 Å². The van der Waals surface area contributed by atoms with Crippen molar-refractivity contribution in [3.8, 4) is 12.3 Å². The van der Waals surface area contributed by atoms with Crippen LogP contribution in [0.5, 0.6) is 0 Å². The minimum atomic E-state index is 0. The minimum absolute atomic E-state index is 0. The molecule has 0 amide bonds. The van der Waals surface area contributed by atoms with Gasteiger partial charge in [0.05, 0.1) is 18.8 Å². The molecule has 2 N–H and O–H groups in total. The van der Waals surface area contributed by atoms with Crippen molar-refractivity contribution in [2.24, 2.45) is 4.99 Å². The van der Waals surface area contributed by atoms with E-state index in [1.807, 2.05) is 29.1 Å². The molecule has 0 spiro atoms. The van der Waals surface area contributed by atoms with E-state index in [9.17, 15) is 0 Å². The third-order valence-electron chi connectivity index (χ3n) is 2.24. The summed E-state index contributed by atoms with van der Waals surface area (Å²) < 4.78 is 2.00. The highest BCUT2D eigenvalue weighted by Gasteiger charge is 2.02. The average Bonchev–Trinajstić information content (AvgIpc) is 2.93. The number of terminal acetylenes is 1. The van der Waals surface area contributed by atoms with Crippen LogP contribution in [-0.2, 0) is 6.54 Å². The number of thiazole rings is 1. The van der Waals surface area contributed by atoms with Gasteiger partial charge < -0.3 is 10.6 Å². The van der Waals surface area contributed by atoms with Gasteiger partial charge in [-0.05, 0) is 6.92 Å². The Bertz CT molecular complexity index is 552. The molecule has 0 saturated heterocycles. The smallest absolute Gasteiger partial charge is 0.193 e. The first-order valence-electron chi connectivity index (χ1n) is 5.70. The summed E-state index contributed by atoms with van der Waals surface area (Å²) in [6.45, 7) is 3.81. The number of fused-ring (bicyclic) bond motifs is 1. The van der Waals surface area contributed by atoms with Gasteiger partial charge in [0.25, 0.3) is 0 Å². The molecule has 2 aromatic rings. The second-order valence-electron chi connectivity index (χ2n) is 3.58. The molecule has 0 aliphatic rings. The third-order valence-corrected chi connectivity index (χ3v) is 3.02. The van der Waals surface area contributed by atoms with Crippen LogP contribution in [0.4, 0.5) is 0 Å². The number of hydrogen-bond donors (Lipinski definition) is 2. The molecule has 0 unspecified atom stereocenters. The lowest BCUT2D eigenvalue weighted by molar-refractivity contribution is 0.860. The minimum Gasteiger partial charge on any atom is -0.357 e. The van der Waals surface area contributed by atoms with Gasteiger partial charge in [-0.25, -0.2) is 9.98 Å². The molecule has 0 aliphatic carbocycles. The van der Waals surface area contributed by atoms with Crippen molar-refractivity contribution < 1.29 is 0 Å². The molecule has 0 bridgehead atoms. The number of nitrogens with one attached hydrogen (secondary N) is 2. The molecule has 2 aromatic heterocycles. The van der Waals surface area contributed by atoms with E-state index in [1.54, 1.807) is 11.3 Å². The van der Waals surface area contributed by atoms with Crippen molar-refractivity contribution in [2.75, 3.05) is 13.1 Å². The van der Waals surface area contributed by atoms with Gasteiger partial charge in [0, 0.05) is 24.3 Å². The fraction of sp³-hybridized carbons (Fsp3) is 0.333. The number of guanidine groups is 1. The Morgan fingerprint density at radius 2 is 2.42 bits per heavy atom. The molecule has 0 atom stereocenters. The van der Waals surface area contributed by atoms with E-state index in [0.717, 1.165) is 17.2 Å². The summed E-state index contributed by atoms with van der Waals surface area (Å²) in [4.78, 5) is 9.88. The van der Waals surface area contributed by atoms with Crippen LogP contribution >= 0.6 is 35.3 Å². The van der Waals surface area contributed by atoms with Crippen LogP contribution in [0, 0.1) is 12.3 Å². The molecular weight excluding hydrogens is 373 g/mol. The van der Waals surface area contributed by atoms with Crippen LogP contribution < -0.4 is 10.6 Å². The zero-order valence-electron chi connectivity index (χ0n) is 10.6. The van der Waals surface area contributed by atoms with Gasteiger partial charge in [0.1, 0.15) is 0 Å². The zero-order valence-corrected chi connectivity index (χ0v) is 13.7. The zero-order chi connectivity index (χ0) is 12.8. The Kier molecular flexibility index (Phi) is 6.66. The fourth-order valence-electron chi connectivity index (χ4n) is 1.49. The molecule has 102 valence electrons. The van der Waals surface area contributed by atoms with Crippen LogP contribution in [0.15, 0.2) is 22.8 Å². The highest BCUT2D eigenvalue weighted by atomic mass is 127. The van der Waals surface area contributed by atoms with E-state index in [1.165, 1.54) is 0 Å². The average molecular weight is 389 g/mol. The van der Waals surface area contributed by atoms with Crippen LogP contribution in [0.25, 0.3) is 4.96 Å². The maximum atomic E-state index is 5.21. The third kappa shape index (κ3) is 4.40. The molecule has 0 aliphatic heterocycles. The Morgan fingerprint density at radius 3 is 3.11 bits per heavy atom. The summed E-state index contributed by atoms with van der Waals surface area (Å²) in [6, 6.07) is 0. The van der Waals surface area contributed by atoms with Gasteiger partial charge in [-0.3, -0.25) is 4.40 Å². The molecule has 19 heavy (non-hydrogen) atoms. The van der Waals surface area contributed by atoms with Crippen LogP contribution in [0.1, 0.15) is 12.6 Å². The SMILES string of the molecule is C#CCNC(=NCc1cn2ccsc2n1)NCC.I. The molecule has 0 radical (unpaired) electrons. The maximum absolute atomic E-state index is 5.21. The lowest BCUT2D eigenvalue weighted by atomic mass is 10.5. The van der Waals surface area contributed by atoms with Gasteiger partial charge in [-0.15, -0.1) is 41.7 Å². The lowest BCUT2D eigenvalue weighted by Crippen LogP contribution is -2.37. The van der Waals surface area contributed by atoms with Gasteiger partial charge in [-0.2, -0.15) is 0 Å². The lowest BCUT2D eigenvalue weighted by Gasteiger charge is -2.07. The topological polar surface area (TPSA) is 53.7 Å². The maximum Gasteiger partial charge on any atom is 0.193 e. The molecule has 2 rings (SSSR count). The highest BCUT2D eigenvalue weighted by molar-refractivity contribution is 14.0. The summed E-state index contributed by atoms with van der Waals surface area (Å²) >= 11 is 1.61. The molecule has 0 fully saturated rings. The molecule has 7 heteroatoms. The summed E-state index contributed by atoms with van der Waals surface area (Å²) in [6.07, 6.45) is 9.18. The first kappa shape index (κ1) is 15.8. The summed E-state index contributed by atoms with van der Waals surface area (Å²) in [5.74, 6) is 3.24. The van der Waals surface area contributed by atoms with Gasteiger partial charge in [0.15, 0.2) is 10.9 Å².